The van der Waals surface area contributed by atoms with Crippen LogP contribution in [0.4, 0.5) is 0 Å². The first-order valence-corrected chi connectivity index (χ1v) is 9.04. The molecule has 2 N–H and O–H groups in total. The maximum Gasteiger partial charge on any atom is 0.151 e. The summed E-state index contributed by atoms with van der Waals surface area (Å²) in [6, 6.07) is 5.72. The smallest absolute Gasteiger partial charge is 0.151 e. The van der Waals surface area contributed by atoms with Crippen LogP contribution in [0.3, 0.4) is 0 Å². The van der Waals surface area contributed by atoms with Crippen LogP contribution in [-0.2, 0) is 16.4 Å². The van der Waals surface area contributed by atoms with Crippen molar-refractivity contribution >= 4 is 27.0 Å². The minimum absolute atomic E-state index is 0.227. The van der Waals surface area contributed by atoms with Gasteiger partial charge in [0.25, 0.3) is 0 Å². The summed E-state index contributed by atoms with van der Waals surface area (Å²) in [5.74, 6) is 1.17. The van der Waals surface area contributed by atoms with E-state index in [1.165, 1.54) is 0 Å². The van der Waals surface area contributed by atoms with Crippen molar-refractivity contribution in [3.63, 3.8) is 0 Å². The van der Waals surface area contributed by atoms with Crippen LogP contribution in [0.15, 0.2) is 18.2 Å². The van der Waals surface area contributed by atoms with Gasteiger partial charge in [0.1, 0.15) is 10.7 Å². The third-order valence-electron chi connectivity index (χ3n) is 3.58. The number of ether oxygens (including phenoxy) is 1. The molecular weight excluding hydrogens is 308 g/mol. The average Bonchev–Trinajstić information content (AvgIpc) is 2.60. The van der Waals surface area contributed by atoms with Crippen molar-refractivity contribution < 1.29 is 13.2 Å². The van der Waals surface area contributed by atoms with Crippen molar-refractivity contribution in [2.24, 2.45) is 5.73 Å². The minimum Gasteiger partial charge on any atom is -0.496 e. The average molecular weight is 328 g/mol. The van der Waals surface area contributed by atoms with Crippen LogP contribution in [0.25, 0.3) is 0 Å². The van der Waals surface area contributed by atoms with Crippen molar-refractivity contribution in [2.45, 2.75) is 13.0 Å². The zero-order valence-corrected chi connectivity index (χ0v) is 13.7. The van der Waals surface area contributed by atoms with Crippen LogP contribution in [0.2, 0.25) is 0 Å². The summed E-state index contributed by atoms with van der Waals surface area (Å²) in [6.07, 6.45) is 0.681. The first-order chi connectivity index (χ1) is 9.91. The maximum atomic E-state index is 11.6. The van der Waals surface area contributed by atoms with Gasteiger partial charge in [-0.3, -0.25) is 4.90 Å². The van der Waals surface area contributed by atoms with E-state index in [2.05, 4.69) is 4.90 Å². The maximum absolute atomic E-state index is 11.6. The van der Waals surface area contributed by atoms with Gasteiger partial charge in [0.2, 0.25) is 0 Å². The van der Waals surface area contributed by atoms with Gasteiger partial charge in [-0.05, 0) is 30.7 Å². The lowest BCUT2D eigenvalue weighted by Gasteiger charge is -2.20. The molecular formula is C14H20N2O3S2. The fraction of sp³-hybridized carbons (Fsp3) is 0.500. The number of methoxy groups -OCH3 is 1. The lowest BCUT2D eigenvalue weighted by Crippen LogP contribution is -2.26. The lowest BCUT2D eigenvalue weighted by atomic mass is 10.1. The lowest BCUT2D eigenvalue weighted by molar-refractivity contribution is 0.287. The molecule has 21 heavy (non-hydrogen) atoms. The Morgan fingerprint density at radius 3 is 2.81 bits per heavy atom. The second-order valence-electron chi connectivity index (χ2n) is 5.18. The molecule has 0 radical (unpaired) electrons. The molecule has 1 saturated heterocycles. The summed E-state index contributed by atoms with van der Waals surface area (Å²) >= 11 is 5.04. The van der Waals surface area contributed by atoms with E-state index in [0.717, 1.165) is 12.1 Å². The molecule has 0 spiro atoms. The second-order valence-corrected chi connectivity index (χ2v) is 7.92. The fourth-order valence-electron chi connectivity index (χ4n) is 2.45. The Labute approximate surface area is 131 Å². The molecule has 0 bridgehead atoms. The zero-order chi connectivity index (χ0) is 15.5. The quantitative estimate of drug-likeness (QED) is 0.830. The minimum atomic E-state index is -2.88. The first-order valence-electron chi connectivity index (χ1n) is 6.81. The summed E-state index contributed by atoms with van der Waals surface area (Å²) in [5, 5.41) is 0. The number of rotatable bonds is 4. The van der Waals surface area contributed by atoms with E-state index in [0.29, 0.717) is 35.8 Å². The summed E-state index contributed by atoms with van der Waals surface area (Å²) in [5.41, 5.74) is 7.48. The van der Waals surface area contributed by atoms with Crippen molar-refractivity contribution in [1.29, 1.82) is 0 Å². The van der Waals surface area contributed by atoms with Crippen LogP contribution >= 0.6 is 12.2 Å². The van der Waals surface area contributed by atoms with Crippen molar-refractivity contribution in [3.05, 3.63) is 29.3 Å². The molecule has 1 fully saturated rings. The molecule has 7 heteroatoms. The van der Waals surface area contributed by atoms with Crippen LogP contribution < -0.4 is 10.5 Å². The molecule has 1 aromatic rings. The van der Waals surface area contributed by atoms with Gasteiger partial charge in [0.15, 0.2) is 9.84 Å². The molecule has 0 atom stereocenters. The number of thiocarbonyl (C=S) groups is 1. The zero-order valence-electron chi connectivity index (χ0n) is 12.0. The van der Waals surface area contributed by atoms with Gasteiger partial charge >= 0.3 is 0 Å². The van der Waals surface area contributed by atoms with Crippen LogP contribution in [-0.4, -0.2) is 50.0 Å². The Bertz CT molecular complexity index is 629. The highest BCUT2D eigenvalue weighted by Gasteiger charge is 2.19. The number of nitrogens with zero attached hydrogens (tertiary/aromatic N) is 1. The van der Waals surface area contributed by atoms with Gasteiger partial charge in [0, 0.05) is 13.1 Å². The van der Waals surface area contributed by atoms with E-state index in [1.807, 2.05) is 18.2 Å². The highest BCUT2D eigenvalue weighted by Crippen LogP contribution is 2.21. The second kappa shape index (κ2) is 6.72. The Morgan fingerprint density at radius 2 is 2.14 bits per heavy atom. The largest absolute Gasteiger partial charge is 0.496 e. The van der Waals surface area contributed by atoms with Gasteiger partial charge < -0.3 is 10.5 Å². The molecule has 1 aliphatic rings. The topological polar surface area (TPSA) is 72.6 Å². The van der Waals surface area contributed by atoms with Crippen molar-refractivity contribution in [1.82, 2.24) is 4.90 Å². The SMILES string of the molecule is COc1ccc(CN2CCCS(=O)(=O)CC2)cc1C(N)=S. The van der Waals surface area contributed by atoms with Crippen LogP contribution in [0.1, 0.15) is 17.5 Å². The normalized spacial score (nSPS) is 18.9. The summed E-state index contributed by atoms with van der Waals surface area (Å²) < 4.78 is 28.5. The summed E-state index contributed by atoms with van der Waals surface area (Å²) in [6.45, 7) is 2.04. The van der Waals surface area contributed by atoms with Crippen LogP contribution in [0.5, 0.6) is 5.75 Å². The number of benzene rings is 1. The first kappa shape index (κ1) is 16.2. The van der Waals surface area contributed by atoms with E-state index in [-0.39, 0.29) is 11.5 Å². The van der Waals surface area contributed by atoms with Crippen molar-refractivity contribution in [3.8, 4) is 5.75 Å². The van der Waals surface area contributed by atoms with Crippen molar-refractivity contribution in [2.75, 3.05) is 31.7 Å². The number of hydrogen-bond acceptors (Lipinski definition) is 5. The third kappa shape index (κ3) is 4.39. The van der Waals surface area contributed by atoms with Crippen LogP contribution in [0, 0.1) is 0 Å². The van der Waals surface area contributed by atoms with E-state index in [4.69, 9.17) is 22.7 Å². The predicted octanol–water partition coefficient (Wildman–Crippen LogP) is 0.950. The molecule has 0 aliphatic carbocycles. The Morgan fingerprint density at radius 1 is 1.38 bits per heavy atom. The molecule has 2 rings (SSSR count). The Balaban J connectivity index is 2.12. The molecule has 0 aromatic heterocycles. The van der Waals surface area contributed by atoms with E-state index < -0.39 is 9.84 Å². The highest BCUT2D eigenvalue weighted by atomic mass is 32.2. The van der Waals surface area contributed by atoms with E-state index in [9.17, 15) is 8.42 Å². The van der Waals surface area contributed by atoms with Gasteiger partial charge in [0.05, 0.1) is 24.2 Å². The Kier molecular flexibility index (Phi) is 5.18. The highest BCUT2D eigenvalue weighted by molar-refractivity contribution is 7.91. The van der Waals surface area contributed by atoms with Gasteiger partial charge in [-0.25, -0.2) is 8.42 Å². The number of nitrogens with two attached hydrogens (primary N) is 1. The Hall–Kier alpha value is -1.18. The molecule has 0 unspecified atom stereocenters. The number of sulfone groups is 1. The van der Waals surface area contributed by atoms with E-state index >= 15 is 0 Å². The van der Waals surface area contributed by atoms with Gasteiger partial charge in [-0.15, -0.1) is 0 Å². The predicted molar refractivity (Wildman–Crippen MR) is 87.4 cm³/mol. The molecule has 0 amide bonds. The fourth-order valence-corrected chi connectivity index (χ4v) is 3.92. The van der Waals surface area contributed by atoms with Gasteiger partial charge in [-0.1, -0.05) is 18.3 Å². The molecule has 116 valence electrons. The van der Waals surface area contributed by atoms with Gasteiger partial charge in [-0.2, -0.15) is 0 Å². The van der Waals surface area contributed by atoms with E-state index in [1.54, 1.807) is 7.11 Å². The molecule has 5 nitrogen and oxygen atoms in total. The monoisotopic (exact) mass is 328 g/mol. The third-order valence-corrected chi connectivity index (χ3v) is 5.52. The molecule has 1 heterocycles. The summed E-state index contributed by atoms with van der Waals surface area (Å²) in [7, 11) is -1.30. The molecule has 1 aromatic carbocycles. The molecule has 0 saturated carbocycles. The number of hydrogen-bond donors (Lipinski definition) is 1. The standard InChI is InChI=1S/C14H20N2O3S2/c1-19-13-4-3-11(9-12(13)14(15)20)10-16-5-2-7-21(17,18)8-6-16/h3-4,9H,2,5-8,10H2,1H3,(H2,15,20). The molecule has 1 aliphatic heterocycles. The summed E-state index contributed by atoms with van der Waals surface area (Å²) in [4.78, 5) is 2.45.